The van der Waals surface area contributed by atoms with Crippen LogP contribution in [0, 0.1) is 5.82 Å². The largest absolute Gasteiger partial charge is 0.444 e. The maximum atomic E-state index is 15.0. The molecule has 2 aromatic carbocycles. The first kappa shape index (κ1) is 48.9. The standard InChI is InChI=1S/C25H26ClF4N5O3S.C16H28N2O4/c1-35(2)21-13-24(36,15-4-3-5-16(10-15)25(28,29)30)8-6-19(21)33-20-12-18(27)22(11-17(20)26)39(37,38)34-23-7-9-31-14-32-23;1-15(2,3)21-13(19)17-11-9-7-8-10-12(11)18-14(20)22-16(4,5)6/h3-5,7,9-12,14,19,21,33,36H,6,8,13H2,1-2H3,(H,31,32,34);7-8,11-12H,9-10H2,1-6H3,(H,17,19)(H,18,20)/t19-,21-,24+;11-,12-/m00/s1. The van der Waals surface area contributed by atoms with Gasteiger partial charge in [0.05, 0.1) is 34.0 Å². The summed E-state index contributed by atoms with van der Waals surface area (Å²) in [6, 6.07) is 6.70. The van der Waals surface area contributed by atoms with Crippen LogP contribution in [0.25, 0.3) is 0 Å². The number of anilines is 2. The van der Waals surface area contributed by atoms with E-state index in [1.165, 1.54) is 24.4 Å². The number of nitrogens with zero attached hydrogens (tertiary/aromatic N) is 3. The van der Waals surface area contributed by atoms with Gasteiger partial charge in [-0.15, -0.1) is 0 Å². The van der Waals surface area contributed by atoms with E-state index in [-0.39, 0.29) is 59.1 Å². The number of carbonyl (C=O) groups excluding carboxylic acids is 2. The zero-order valence-corrected chi connectivity index (χ0v) is 36.8. The van der Waals surface area contributed by atoms with Crippen LogP contribution in [-0.4, -0.2) is 90.0 Å². The lowest BCUT2D eigenvalue weighted by Crippen LogP contribution is -2.53. The van der Waals surface area contributed by atoms with Gasteiger partial charge < -0.3 is 35.4 Å². The molecule has 1 fully saturated rings. The van der Waals surface area contributed by atoms with E-state index >= 15 is 4.39 Å². The number of hydrogen-bond donors (Lipinski definition) is 5. The fourth-order valence-electron chi connectivity index (χ4n) is 6.77. The van der Waals surface area contributed by atoms with E-state index in [0.717, 1.165) is 30.6 Å². The van der Waals surface area contributed by atoms with Crippen LogP contribution in [0.15, 0.2) is 72.0 Å². The van der Waals surface area contributed by atoms with Crippen molar-refractivity contribution in [3.63, 3.8) is 0 Å². The third-order valence-electron chi connectivity index (χ3n) is 9.58. The number of halogens is 5. The number of aromatic nitrogens is 2. The van der Waals surface area contributed by atoms with Crippen molar-refractivity contribution in [2.75, 3.05) is 24.1 Å². The summed E-state index contributed by atoms with van der Waals surface area (Å²) in [5, 5.41) is 20.1. The third-order valence-corrected chi connectivity index (χ3v) is 11.3. The van der Waals surface area contributed by atoms with E-state index in [4.69, 9.17) is 21.1 Å². The zero-order chi connectivity index (χ0) is 45.6. The lowest BCUT2D eigenvalue weighted by Gasteiger charge is -2.45. The fraction of sp³-hybridized carbons (Fsp3) is 0.512. The van der Waals surface area contributed by atoms with Gasteiger partial charge in [-0.1, -0.05) is 35.9 Å². The second-order valence-corrected chi connectivity index (χ2v) is 19.1. The molecule has 0 unspecified atom stereocenters. The molecule has 0 spiro atoms. The van der Waals surface area contributed by atoms with E-state index in [2.05, 4.69) is 30.6 Å². The molecule has 1 saturated carbocycles. The van der Waals surface area contributed by atoms with Crippen LogP contribution in [0.4, 0.5) is 38.7 Å². The molecule has 0 aliphatic heterocycles. The number of ether oxygens (including phenoxy) is 2. The summed E-state index contributed by atoms with van der Waals surface area (Å²) in [4.78, 5) is 32.4. The molecule has 3 aromatic rings. The molecule has 0 bridgehead atoms. The first-order chi connectivity index (χ1) is 28.2. The Morgan fingerprint density at radius 2 is 1.51 bits per heavy atom. The molecule has 61 heavy (non-hydrogen) atoms. The second-order valence-electron chi connectivity index (χ2n) is 17.0. The first-order valence-electron chi connectivity index (χ1n) is 19.4. The van der Waals surface area contributed by atoms with Gasteiger partial charge >= 0.3 is 18.4 Å². The number of aliphatic hydroxyl groups is 1. The normalized spacial score (nSPS) is 22.0. The molecule has 5 rings (SSSR count). The molecule has 0 radical (unpaired) electrons. The molecular formula is C41H54ClF4N7O7S. The summed E-state index contributed by atoms with van der Waals surface area (Å²) in [5.41, 5.74) is -3.17. The van der Waals surface area contributed by atoms with Gasteiger partial charge in [0.15, 0.2) is 0 Å². The van der Waals surface area contributed by atoms with Gasteiger partial charge in [0, 0.05) is 18.3 Å². The number of rotatable bonds is 9. The SMILES string of the molecule is CC(C)(C)OC(=O)N[C@H]1CC=CC[C@@H]1NC(=O)OC(C)(C)C.CN(C)[C@H]1C[C@@](O)(c2cccc(C(F)(F)F)c2)CC[C@@H]1Nc1cc(F)c(S(=O)(=O)Nc2ccncn2)cc1Cl. The topological polar surface area (TPSA) is 184 Å². The van der Waals surface area contributed by atoms with Gasteiger partial charge in [0.25, 0.3) is 10.0 Å². The van der Waals surface area contributed by atoms with Crippen molar-refractivity contribution in [2.24, 2.45) is 0 Å². The number of amides is 2. The molecule has 2 aliphatic carbocycles. The lowest BCUT2D eigenvalue weighted by atomic mass is 9.74. The molecule has 1 heterocycles. The van der Waals surface area contributed by atoms with Crippen LogP contribution in [0.2, 0.25) is 5.02 Å². The molecule has 2 aliphatic rings. The van der Waals surface area contributed by atoms with Crippen molar-refractivity contribution < 1.29 is 50.1 Å². The van der Waals surface area contributed by atoms with Crippen LogP contribution >= 0.6 is 11.6 Å². The average Bonchev–Trinajstić information content (AvgIpc) is 3.13. The Kier molecular flexibility index (Phi) is 15.7. The highest BCUT2D eigenvalue weighted by Crippen LogP contribution is 2.42. The summed E-state index contributed by atoms with van der Waals surface area (Å²) < 4.78 is 92.9. The monoisotopic (exact) mass is 899 g/mol. The molecule has 1 aromatic heterocycles. The Balaban J connectivity index is 0.000000317. The number of alkyl carbamates (subject to hydrolysis) is 2. The highest BCUT2D eigenvalue weighted by Gasteiger charge is 2.43. The van der Waals surface area contributed by atoms with Gasteiger partial charge in [-0.3, -0.25) is 4.72 Å². The van der Waals surface area contributed by atoms with E-state index in [1.807, 2.05) is 58.6 Å². The maximum absolute atomic E-state index is 15.0. The number of benzene rings is 2. The number of nitrogens with one attached hydrogen (secondary N) is 4. The minimum absolute atomic E-state index is 0.0491. The Bertz CT molecular complexity index is 2090. The highest BCUT2D eigenvalue weighted by molar-refractivity contribution is 7.92. The van der Waals surface area contributed by atoms with Gasteiger partial charge in [-0.05, 0) is 124 Å². The zero-order valence-electron chi connectivity index (χ0n) is 35.2. The van der Waals surface area contributed by atoms with E-state index < -0.39 is 61.5 Å². The van der Waals surface area contributed by atoms with Gasteiger partial charge in [0.2, 0.25) is 0 Å². The number of likely N-dealkylation sites (N-methyl/N-ethyl adjacent to an activating group) is 1. The minimum Gasteiger partial charge on any atom is -0.444 e. The number of carbonyl (C=O) groups is 2. The quantitative estimate of drug-likeness (QED) is 0.104. The summed E-state index contributed by atoms with van der Waals surface area (Å²) in [6.07, 6.45) is 2.71. The Labute approximate surface area is 358 Å². The van der Waals surface area contributed by atoms with Crippen molar-refractivity contribution in [3.05, 3.63) is 89.1 Å². The summed E-state index contributed by atoms with van der Waals surface area (Å²) in [6.45, 7) is 10.9. The second kappa shape index (κ2) is 19.5. The number of alkyl halides is 3. The number of hydrogen-bond acceptors (Lipinski definition) is 11. The Morgan fingerprint density at radius 3 is 2.02 bits per heavy atom. The van der Waals surface area contributed by atoms with E-state index in [0.29, 0.717) is 19.3 Å². The van der Waals surface area contributed by atoms with Crippen molar-refractivity contribution in [1.29, 1.82) is 0 Å². The van der Waals surface area contributed by atoms with E-state index in [9.17, 15) is 36.3 Å². The third kappa shape index (κ3) is 14.4. The first-order valence-corrected chi connectivity index (χ1v) is 21.3. The molecule has 20 heteroatoms. The van der Waals surface area contributed by atoms with Crippen LogP contribution in [-0.2, 0) is 31.3 Å². The molecule has 5 N–H and O–H groups in total. The molecule has 336 valence electrons. The van der Waals surface area contributed by atoms with Gasteiger partial charge in [0.1, 0.15) is 34.1 Å². The summed E-state index contributed by atoms with van der Waals surface area (Å²) in [7, 11) is -0.834. The van der Waals surface area contributed by atoms with Crippen molar-refractivity contribution in [3.8, 4) is 0 Å². The van der Waals surface area contributed by atoms with Crippen molar-refractivity contribution >= 4 is 45.3 Å². The molecule has 0 saturated heterocycles. The predicted octanol–water partition coefficient (Wildman–Crippen LogP) is 7.99. The molecule has 14 nitrogen and oxygen atoms in total. The van der Waals surface area contributed by atoms with Crippen LogP contribution in [0.1, 0.15) is 84.8 Å². The number of sulfonamides is 1. The van der Waals surface area contributed by atoms with Gasteiger partial charge in [-0.25, -0.2) is 32.4 Å². The van der Waals surface area contributed by atoms with Crippen LogP contribution in [0.3, 0.4) is 0 Å². The fourth-order valence-corrected chi connectivity index (χ4v) is 8.15. The van der Waals surface area contributed by atoms with Crippen molar-refractivity contribution in [2.45, 2.75) is 126 Å². The summed E-state index contributed by atoms with van der Waals surface area (Å²) in [5.74, 6) is -1.10. The molecule has 2 amide bonds. The highest BCUT2D eigenvalue weighted by atomic mass is 35.5. The Morgan fingerprint density at radius 1 is 0.918 bits per heavy atom. The Hall–Kier alpha value is -4.72. The predicted molar refractivity (Wildman–Crippen MR) is 223 cm³/mol. The van der Waals surface area contributed by atoms with Gasteiger partial charge in [-0.2, -0.15) is 13.2 Å². The van der Waals surface area contributed by atoms with Crippen molar-refractivity contribution in [1.82, 2.24) is 25.5 Å². The average molecular weight is 900 g/mol. The maximum Gasteiger partial charge on any atom is 0.416 e. The van der Waals surface area contributed by atoms with E-state index in [1.54, 1.807) is 14.1 Å². The smallest absolute Gasteiger partial charge is 0.416 e. The minimum atomic E-state index is -4.54. The summed E-state index contributed by atoms with van der Waals surface area (Å²) >= 11 is 6.35. The van der Waals surface area contributed by atoms with Crippen LogP contribution in [0.5, 0.6) is 0 Å². The molecular weight excluding hydrogens is 846 g/mol. The van der Waals surface area contributed by atoms with Crippen LogP contribution < -0.4 is 20.7 Å². The molecule has 5 atom stereocenters. The lowest BCUT2D eigenvalue weighted by molar-refractivity contribution is -0.137.